The van der Waals surface area contributed by atoms with E-state index in [0.717, 1.165) is 5.56 Å². The molecule has 1 aromatic heterocycles. The van der Waals surface area contributed by atoms with E-state index in [2.05, 4.69) is 0 Å². The molecular formula is C20H15Cl2NO4. The van der Waals surface area contributed by atoms with Crippen molar-refractivity contribution >= 4 is 40.1 Å². The summed E-state index contributed by atoms with van der Waals surface area (Å²) in [6.45, 7) is 1.02. The molecular weight excluding hydrogens is 389 g/mol. The Labute approximate surface area is 165 Å². The summed E-state index contributed by atoms with van der Waals surface area (Å²) in [6.07, 6.45) is -0.369. The topological polar surface area (TPSA) is 59.8 Å². The van der Waals surface area contributed by atoms with Gasteiger partial charge in [0.25, 0.3) is 5.91 Å². The van der Waals surface area contributed by atoms with Crippen molar-refractivity contribution in [2.75, 3.05) is 19.7 Å². The maximum atomic E-state index is 12.9. The quantitative estimate of drug-likeness (QED) is 0.598. The molecule has 1 amide bonds. The summed E-state index contributed by atoms with van der Waals surface area (Å²) in [7, 11) is 0. The molecule has 0 saturated carbocycles. The van der Waals surface area contributed by atoms with E-state index in [0.29, 0.717) is 40.7 Å². The highest BCUT2D eigenvalue weighted by molar-refractivity contribution is 6.34. The number of halogens is 2. The van der Waals surface area contributed by atoms with Crippen LogP contribution in [0.3, 0.4) is 0 Å². The van der Waals surface area contributed by atoms with Gasteiger partial charge in [-0.2, -0.15) is 0 Å². The van der Waals surface area contributed by atoms with E-state index in [1.165, 1.54) is 0 Å². The van der Waals surface area contributed by atoms with E-state index in [9.17, 15) is 9.59 Å². The smallest absolute Gasteiger partial charge is 0.349 e. The molecule has 0 spiro atoms. The van der Waals surface area contributed by atoms with Crippen molar-refractivity contribution in [2.45, 2.75) is 6.10 Å². The first kappa shape index (κ1) is 18.0. The van der Waals surface area contributed by atoms with Gasteiger partial charge in [0.2, 0.25) is 0 Å². The highest BCUT2D eigenvalue weighted by atomic mass is 35.5. The van der Waals surface area contributed by atoms with Gasteiger partial charge >= 0.3 is 5.63 Å². The summed E-state index contributed by atoms with van der Waals surface area (Å²) in [6, 6.07) is 13.8. The average Bonchev–Trinajstić information content (AvgIpc) is 2.66. The van der Waals surface area contributed by atoms with Crippen LogP contribution < -0.4 is 5.63 Å². The molecule has 0 aliphatic carbocycles. The Morgan fingerprint density at radius 3 is 2.59 bits per heavy atom. The van der Waals surface area contributed by atoms with Gasteiger partial charge in [0.1, 0.15) is 17.3 Å². The number of carbonyl (C=O) groups excluding carboxylic acids is 1. The fourth-order valence-electron chi connectivity index (χ4n) is 3.18. The third-order valence-electron chi connectivity index (χ3n) is 4.48. The number of fused-ring (bicyclic) bond motifs is 1. The summed E-state index contributed by atoms with van der Waals surface area (Å²) in [4.78, 5) is 26.8. The van der Waals surface area contributed by atoms with Crippen LogP contribution in [0.4, 0.5) is 0 Å². The summed E-state index contributed by atoms with van der Waals surface area (Å²) in [5.74, 6) is -0.379. The summed E-state index contributed by atoms with van der Waals surface area (Å²) < 4.78 is 11.1. The molecule has 0 radical (unpaired) electrons. The minimum absolute atomic E-state index is 0.0125. The lowest BCUT2D eigenvalue weighted by atomic mass is 10.1. The molecule has 1 unspecified atom stereocenters. The van der Waals surface area contributed by atoms with E-state index in [4.69, 9.17) is 32.4 Å². The van der Waals surface area contributed by atoms with Gasteiger partial charge in [0, 0.05) is 22.0 Å². The third-order valence-corrected chi connectivity index (χ3v) is 4.92. The zero-order valence-corrected chi connectivity index (χ0v) is 15.7. The zero-order chi connectivity index (χ0) is 19.0. The van der Waals surface area contributed by atoms with Gasteiger partial charge < -0.3 is 14.1 Å². The molecule has 1 aliphatic rings. The van der Waals surface area contributed by atoms with Gasteiger partial charge in [-0.05, 0) is 35.9 Å². The fraction of sp³-hybridized carbons (Fsp3) is 0.200. The van der Waals surface area contributed by atoms with Gasteiger partial charge in [-0.1, -0.05) is 41.4 Å². The van der Waals surface area contributed by atoms with Crippen molar-refractivity contribution in [2.24, 2.45) is 0 Å². The van der Waals surface area contributed by atoms with Crippen LogP contribution in [0, 0.1) is 0 Å². The predicted octanol–water partition coefficient (Wildman–Crippen LogP) is 4.31. The zero-order valence-electron chi connectivity index (χ0n) is 14.2. The molecule has 138 valence electrons. The molecule has 4 rings (SSSR count). The number of nitrogens with zero attached hydrogens (tertiary/aromatic N) is 1. The van der Waals surface area contributed by atoms with Crippen molar-refractivity contribution in [1.29, 1.82) is 0 Å². The lowest BCUT2D eigenvalue weighted by Gasteiger charge is -2.33. The van der Waals surface area contributed by atoms with Crippen LogP contribution in [-0.4, -0.2) is 30.5 Å². The molecule has 2 heterocycles. The Morgan fingerprint density at radius 2 is 1.81 bits per heavy atom. The molecule has 3 aromatic rings. The first-order chi connectivity index (χ1) is 13.0. The number of amides is 1. The van der Waals surface area contributed by atoms with Crippen LogP contribution in [-0.2, 0) is 4.74 Å². The van der Waals surface area contributed by atoms with Crippen LogP contribution in [0.1, 0.15) is 22.0 Å². The monoisotopic (exact) mass is 403 g/mol. The Hall–Kier alpha value is -2.34. The highest BCUT2D eigenvalue weighted by Gasteiger charge is 2.28. The molecule has 2 aromatic carbocycles. The molecule has 7 heteroatoms. The van der Waals surface area contributed by atoms with E-state index >= 15 is 0 Å². The number of ether oxygens (including phenoxy) is 1. The van der Waals surface area contributed by atoms with E-state index in [-0.39, 0.29) is 17.6 Å². The van der Waals surface area contributed by atoms with Crippen LogP contribution in [0.5, 0.6) is 0 Å². The highest BCUT2D eigenvalue weighted by Crippen LogP contribution is 2.28. The second-order valence-electron chi connectivity index (χ2n) is 6.30. The lowest BCUT2D eigenvalue weighted by Crippen LogP contribution is -2.43. The maximum absolute atomic E-state index is 12.9. The van der Waals surface area contributed by atoms with Crippen LogP contribution >= 0.6 is 23.2 Å². The average molecular weight is 404 g/mol. The molecule has 1 saturated heterocycles. The van der Waals surface area contributed by atoms with Crippen LogP contribution in [0.15, 0.2) is 57.7 Å². The number of carbonyl (C=O) groups is 1. The Morgan fingerprint density at radius 1 is 1.07 bits per heavy atom. The van der Waals surface area contributed by atoms with Crippen molar-refractivity contribution in [3.8, 4) is 0 Å². The maximum Gasteiger partial charge on any atom is 0.349 e. The minimum Gasteiger partial charge on any atom is -0.422 e. The number of hydrogen-bond donors (Lipinski definition) is 0. The Kier molecular flexibility index (Phi) is 4.91. The van der Waals surface area contributed by atoms with Crippen molar-refractivity contribution < 1.29 is 13.9 Å². The Balaban J connectivity index is 1.62. The second-order valence-corrected chi connectivity index (χ2v) is 7.17. The van der Waals surface area contributed by atoms with Gasteiger partial charge in [-0.3, -0.25) is 4.79 Å². The third kappa shape index (κ3) is 3.72. The number of rotatable bonds is 2. The molecule has 0 bridgehead atoms. The normalized spacial score (nSPS) is 17.3. The van der Waals surface area contributed by atoms with E-state index in [1.807, 2.05) is 6.07 Å². The number of para-hydroxylation sites is 1. The lowest BCUT2D eigenvalue weighted by molar-refractivity contribution is -0.0229. The summed E-state index contributed by atoms with van der Waals surface area (Å²) in [5.41, 5.74) is 0.606. The largest absolute Gasteiger partial charge is 0.422 e. The van der Waals surface area contributed by atoms with Crippen molar-refractivity contribution in [3.63, 3.8) is 0 Å². The minimum atomic E-state index is -0.646. The van der Waals surface area contributed by atoms with Gasteiger partial charge in [-0.15, -0.1) is 0 Å². The van der Waals surface area contributed by atoms with Gasteiger partial charge in [0.15, 0.2) is 0 Å². The van der Waals surface area contributed by atoms with E-state index in [1.54, 1.807) is 47.4 Å². The van der Waals surface area contributed by atoms with E-state index < -0.39 is 5.63 Å². The van der Waals surface area contributed by atoms with Crippen LogP contribution in [0.25, 0.3) is 11.0 Å². The van der Waals surface area contributed by atoms with Gasteiger partial charge in [-0.25, -0.2) is 4.79 Å². The summed E-state index contributed by atoms with van der Waals surface area (Å²) in [5, 5.41) is 1.70. The molecule has 5 nitrogen and oxygen atoms in total. The van der Waals surface area contributed by atoms with Crippen molar-refractivity contribution in [1.82, 2.24) is 4.90 Å². The van der Waals surface area contributed by atoms with Crippen LogP contribution in [0.2, 0.25) is 10.0 Å². The SMILES string of the molecule is O=C(c1cc2ccccc2oc1=O)N1CCOC(c2cc(Cl)cc(Cl)c2)C1. The molecule has 1 fully saturated rings. The first-order valence-corrected chi connectivity index (χ1v) is 9.16. The van der Waals surface area contributed by atoms with Crippen molar-refractivity contribution in [3.05, 3.63) is 80.1 Å². The first-order valence-electron chi connectivity index (χ1n) is 8.41. The molecule has 27 heavy (non-hydrogen) atoms. The molecule has 0 N–H and O–H groups in total. The fourth-order valence-corrected chi connectivity index (χ4v) is 3.72. The predicted molar refractivity (Wildman–Crippen MR) is 104 cm³/mol. The van der Waals surface area contributed by atoms with Gasteiger partial charge in [0.05, 0.1) is 13.2 Å². The Bertz CT molecular complexity index is 1060. The summed E-state index contributed by atoms with van der Waals surface area (Å²) >= 11 is 12.1. The molecule has 1 atom stereocenters. The standard InChI is InChI=1S/C20H15Cl2NO4/c21-14-7-13(8-15(22)10-14)18-11-23(5-6-26-18)19(24)16-9-12-3-1-2-4-17(12)27-20(16)25/h1-4,7-10,18H,5-6,11H2. The second kappa shape index (κ2) is 7.35. The number of hydrogen-bond acceptors (Lipinski definition) is 4. The number of benzene rings is 2. The molecule has 1 aliphatic heterocycles. The number of morpholine rings is 1.